The summed E-state index contributed by atoms with van der Waals surface area (Å²) < 4.78 is 27.3. The molecule has 0 saturated carbocycles. The van der Waals surface area contributed by atoms with Gasteiger partial charge >= 0.3 is 0 Å². The molecule has 1 unspecified atom stereocenters. The van der Waals surface area contributed by atoms with Gasteiger partial charge in [0.15, 0.2) is 0 Å². The first-order valence-corrected chi connectivity index (χ1v) is 9.42. The molecule has 0 bridgehead atoms. The third-order valence-electron chi connectivity index (χ3n) is 3.04. The summed E-state index contributed by atoms with van der Waals surface area (Å²) in [6, 6.07) is 2.44. The fraction of sp³-hybridized carbons (Fsp3) is 0.571. The van der Waals surface area contributed by atoms with E-state index in [1.54, 1.807) is 0 Å². The largest absolute Gasteiger partial charge is 0.242 e. The molecule has 0 spiro atoms. The van der Waals surface area contributed by atoms with Crippen molar-refractivity contribution < 1.29 is 8.42 Å². The predicted molar refractivity (Wildman–Crippen MR) is 89.9 cm³/mol. The summed E-state index contributed by atoms with van der Waals surface area (Å²) in [6.45, 7) is 6.12. The standard InChI is InChI=1S/C14H20Cl3NO2S/c1-9(2)5-4-6-10(3)18-21(19,20)14-8-12(16)11(15)7-13(14)17/h7-10,18H,4-6H2,1-3H3. The zero-order valence-corrected chi connectivity index (χ0v) is 15.4. The zero-order chi connectivity index (χ0) is 16.2. The van der Waals surface area contributed by atoms with E-state index in [0.29, 0.717) is 5.92 Å². The summed E-state index contributed by atoms with van der Waals surface area (Å²) in [5.41, 5.74) is 0. The number of benzene rings is 1. The van der Waals surface area contributed by atoms with Gasteiger partial charge in [-0.1, -0.05) is 61.5 Å². The lowest BCUT2D eigenvalue weighted by Crippen LogP contribution is -2.32. The molecule has 1 aromatic carbocycles. The van der Waals surface area contributed by atoms with Gasteiger partial charge in [-0.15, -0.1) is 0 Å². The van der Waals surface area contributed by atoms with Crippen LogP contribution < -0.4 is 4.72 Å². The Kier molecular flexibility index (Phi) is 7.28. The molecule has 0 aliphatic heterocycles. The molecule has 1 aromatic rings. The van der Waals surface area contributed by atoms with Gasteiger partial charge in [0.05, 0.1) is 15.1 Å². The lowest BCUT2D eigenvalue weighted by molar-refractivity contribution is 0.488. The highest BCUT2D eigenvalue weighted by molar-refractivity contribution is 7.89. The van der Waals surface area contributed by atoms with Crippen molar-refractivity contribution in [2.75, 3.05) is 0 Å². The molecule has 0 aliphatic carbocycles. The van der Waals surface area contributed by atoms with E-state index in [0.717, 1.165) is 19.3 Å². The van der Waals surface area contributed by atoms with Crippen molar-refractivity contribution in [3.63, 3.8) is 0 Å². The lowest BCUT2D eigenvalue weighted by Gasteiger charge is -2.16. The van der Waals surface area contributed by atoms with Gasteiger partial charge in [-0.25, -0.2) is 13.1 Å². The highest BCUT2D eigenvalue weighted by atomic mass is 35.5. The molecular weight excluding hydrogens is 353 g/mol. The summed E-state index contributed by atoms with van der Waals surface area (Å²) in [5, 5.41) is 0.450. The average Bonchev–Trinajstić information content (AvgIpc) is 2.32. The first-order chi connectivity index (χ1) is 9.63. The van der Waals surface area contributed by atoms with Crippen LogP contribution in [-0.4, -0.2) is 14.5 Å². The van der Waals surface area contributed by atoms with Crippen LogP contribution in [0.25, 0.3) is 0 Å². The van der Waals surface area contributed by atoms with Gasteiger partial charge in [0.25, 0.3) is 0 Å². The van der Waals surface area contributed by atoms with E-state index >= 15 is 0 Å². The quantitative estimate of drug-likeness (QED) is 0.673. The average molecular weight is 373 g/mol. The molecule has 21 heavy (non-hydrogen) atoms. The second-order valence-electron chi connectivity index (χ2n) is 5.54. The Balaban J connectivity index is 2.80. The highest BCUT2D eigenvalue weighted by Gasteiger charge is 2.21. The van der Waals surface area contributed by atoms with E-state index < -0.39 is 10.0 Å². The summed E-state index contributed by atoms with van der Waals surface area (Å²) in [4.78, 5) is -0.0470. The molecule has 1 atom stereocenters. The van der Waals surface area contributed by atoms with E-state index in [-0.39, 0.29) is 26.0 Å². The molecule has 0 amide bonds. The molecular formula is C14H20Cl3NO2S. The zero-order valence-electron chi connectivity index (χ0n) is 12.3. The third-order valence-corrected chi connectivity index (χ3v) is 5.82. The predicted octanol–water partition coefficient (Wildman–Crippen LogP) is 5.14. The first kappa shape index (κ1) is 19.0. The normalized spacial score (nSPS) is 13.7. The minimum Gasteiger partial charge on any atom is -0.208 e. The van der Waals surface area contributed by atoms with Crippen LogP contribution in [0.1, 0.15) is 40.0 Å². The van der Waals surface area contributed by atoms with E-state index in [2.05, 4.69) is 18.6 Å². The van der Waals surface area contributed by atoms with Crippen molar-refractivity contribution in [2.45, 2.75) is 51.0 Å². The Labute approximate surface area is 142 Å². The van der Waals surface area contributed by atoms with Gasteiger partial charge in [0.2, 0.25) is 10.0 Å². The molecule has 120 valence electrons. The number of rotatable bonds is 7. The summed E-state index contributed by atoms with van der Waals surface area (Å²) >= 11 is 17.6. The van der Waals surface area contributed by atoms with Crippen molar-refractivity contribution in [3.05, 3.63) is 27.2 Å². The molecule has 0 radical (unpaired) electrons. The Morgan fingerprint density at radius 3 is 2.14 bits per heavy atom. The Bertz CT molecular complexity index is 588. The van der Waals surface area contributed by atoms with Crippen LogP contribution >= 0.6 is 34.8 Å². The molecule has 1 N–H and O–H groups in total. The van der Waals surface area contributed by atoms with Crippen molar-refractivity contribution >= 4 is 44.8 Å². The van der Waals surface area contributed by atoms with E-state index in [9.17, 15) is 8.42 Å². The van der Waals surface area contributed by atoms with Gasteiger partial charge < -0.3 is 0 Å². The van der Waals surface area contributed by atoms with Crippen LogP contribution in [-0.2, 0) is 10.0 Å². The van der Waals surface area contributed by atoms with Crippen LogP contribution in [0.4, 0.5) is 0 Å². The summed E-state index contributed by atoms with van der Waals surface area (Å²) in [5.74, 6) is 0.610. The van der Waals surface area contributed by atoms with Crippen LogP contribution in [0.5, 0.6) is 0 Å². The Morgan fingerprint density at radius 1 is 1.00 bits per heavy atom. The molecule has 0 fully saturated rings. The van der Waals surface area contributed by atoms with Crippen molar-refractivity contribution in [1.82, 2.24) is 4.72 Å². The van der Waals surface area contributed by atoms with Crippen LogP contribution in [0.2, 0.25) is 15.1 Å². The van der Waals surface area contributed by atoms with Crippen molar-refractivity contribution in [1.29, 1.82) is 0 Å². The van der Waals surface area contributed by atoms with Gasteiger partial charge in [-0.3, -0.25) is 0 Å². The molecule has 0 aromatic heterocycles. The minimum absolute atomic E-state index is 0.0470. The molecule has 0 saturated heterocycles. The maximum Gasteiger partial charge on any atom is 0.242 e. The second-order valence-corrected chi connectivity index (χ2v) is 8.45. The third kappa shape index (κ3) is 5.95. The van der Waals surface area contributed by atoms with Gasteiger partial charge in [-0.2, -0.15) is 0 Å². The molecule has 3 nitrogen and oxygen atoms in total. The van der Waals surface area contributed by atoms with Crippen LogP contribution in [0.15, 0.2) is 17.0 Å². The lowest BCUT2D eigenvalue weighted by atomic mass is 10.0. The topological polar surface area (TPSA) is 46.2 Å². The SMILES string of the molecule is CC(C)CCCC(C)NS(=O)(=O)c1cc(Cl)c(Cl)cc1Cl. The van der Waals surface area contributed by atoms with E-state index in [1.165, 1.54) is 12.1 Å². The monoisotopic (exact) mass is 371 g/mol. The highest BCUT2D eigenvalue weighted by Crippen LogP contribution is 2.31. The van der Waals surface area contributed by atoms with E-state index in [1.807, 2.05) is 6.92 Å². The maximum absolute atomic E-state index is 12.3. The van der Waals surface area contributed by atoms with Crippen molar-refractivity contribution in [3.8, 4) is 0 Å². The first-order valence-electron chi connectivity index (χ1n) is 6.80. The molecule has 7 heteroatoms. The minimum atomic E-state index is -3.71. The number of hydrogen-bond donors (Lipinski definition) is 1. The van der Waals surface area contributed by atoms with E-state index in [4.69, 9.17) is 34.8 Å². The smallest absolute Gasteiger partial charge is 0.208 e. The maximum atomic E-state index is 12.3. The van der Waals surface area contributed by atoms with Crippen molar-refractivity contribution in [2.24, 2.45) is 5.92 Å². The number of halogens is 3. The fourth-order valence-electron chi connectivity index (χ4n) is 1.93. The number of nitrogens with one attached hydrogen (secondary N) is 1. The summed E-state index contributed by atoms with van der Waals surface area (Å²) in [7, 11) is -3.71. The second kappa shape index (κ2) is 8.02. The van der Waals surface area contributed by atoms with Crippen LogP contribution in [0, 0.1) is 5.92 Å². The Hall–Kier alpha value is -0.000000000000000111. The van der Waals surface area contributed by atoms with Gasteiger partial charge in [0, 0.05) is 6.04 Å². The number of hydrogen-bond acceptors (Lipinski definition) is 2. The summed E-state index contributed by atoms with van der Waals surface area (Å²) in [6.07, 6.45) is 2.81. The van der Waals surface area contributed by atoms with Gasteiger partial charge in [0.1, 0.15) is 4.90 Å². The fourth-order valence-corrected chi connectivity index (χ4v) is 4.21. The van der Waals surface area contributed by atoms with Crippen LogP contribution in [0.3, 0.4) is 0 Å². The molecule has 0 heterocycles. The Morgan fingerprint density at radius 2 is 1.57 bits per heavy atom. The molecule has 1 rings (SSSR count). The number of sulfonamides is 1. The van der Waals surface area contributed by atoms with Gasteiger partial charge in [-0.05, 0) is 31.4 Å². The molecule has 0 aliphatic rings.